The van der Waals surface area contributed by atoms with E-state index in [9.17, 15) is 0 Å². The van der Waals surface area contributed by atoms with E-state index in [1.807, 2.05) is 30.3 Å². The number of imidazole rings is 1. The third kappa shape index (κ3) is 2.81. The van der Waals surface area contributed by atoms with Crippen molar-refractivity contribution in [2.45, 2.75) is 18.9 Å². The third-order valence-electron chi connectivity index (χ3n) is 5.14. The van der Waals surface area contributed by atoms with Crippen LogP contribution in [0.1, 0.15) is 12.8 Å². The topological polar surface area (TPSA) is 93.0 Å². The van der Waals surface area contributed by atoms with Crippen molar-refractivity contribution in [1.29, 1.82) is 0 Å². The van der Waals surface area contributed by atoms with Crippen molar-refractivity contribution in [3.05, 3.63) is 49.1 Å². The number of fused-ring (bicyclic) bond motifs is 2. The van der Waals surface area contributed by atoms with Crippen LogP contribution < -0.4 is 15.4 Å². The fraction of sp³-hybridized carbons (Fsp3) is 0.250. The normalized spacial score (nSPS) is 17.0. The summed E-state index contributed by atoms with van der Waals surface area (Å²) in [6.45, 7) is 1.53. The van der Waals surface area contributed by atoms with Crippen molar-refractivity contribution in [1.82, 2.24) is 19.9 Å². The van der Waals surface area contributed by atoms with Crippen LogP contribution in [0.15, 0.2) is 49.1 Å². The first-order valence-electron chi connectivity index (χ1n) is 9.11. The second kappa shape index (κ2) is 6.42. The largest absolute Gasteiger partial charge is 0.491 e. The van der Waals surface area contributed by atoms with Crippen molar-refractivity contribution < 1.29 is 4.74 Å². The SMILES string of the molecule is Nc1ccc2cccc(OCC3CCCN3c3ncnc4[nH]cnc34)c2c1. The summed E-state index contributed by atoms with van der Waals surface area (Å²) in [4.78, 5) is 18.4. The molecule has 1 saturated heterocycles. The molecule has 27 heavy (non-hydrogen) atoms. The highest BCUT2D eigenvalue weighted by molar-refractivity contribution is 5.90. The zero-order valence-electron chi connectivity index (χ0n) is 14.8. The number of aromatic nitrogens is 4. The number of nitrogens with two attached hydrogens (primary N) is 1. The monoisotopic (exact) mass is 360 g/mol. The molecular weight excluding hydrogens is 340 g/mol. The van der Waals surface area contributed by atoms with Crippen molar-refractivity contribution >= 4 is 33.4 Å². The van der Waals surface area contributed by atoms with E-state index < -0.39 is 0 Å². The van der Waals surface area contributed by atoms with Crippen LogP contribution in [0.5, 0.6) is 5.75 Å². The number of nitrogens with zero attached hydrogens (tertiary/aromatic N) is 4. The van der Waals surface area contributed by atoms with E-state index in [0.29, 0.717) is 6.61 Å². The molecule has 0 spiro atoms. The van der Waals surface area contributed by atoms with Crippen LogP contribution in [0.2, 0.25) is 0 Å². The maximum atomic E-state index is 6.23. The van der Waals surface area contributed by atoms with Crippen LogP contribution in [0, 0.1) is 0 Å². The van der Waals surface area contributed by atoms with E-state index in [0.717, 1.165) is 58.6 Å². The van der Waals surface area contributed by atoms with Crippen LogP contribution in [0.4, 0.5) is 11.5 Å². The number of nitrogens with one attached hydrogen (secondary N) is 1. The molecular formula is C20H20N6O. The first-order chi connectivity index (χ1) is 13.3. The number of benzene rings is 2. The summed E-state index contributed by atoms with van der Waals surface area (Å²) in [7, 11) is 0. The highest BCUT2D eigenvalue weighted by atomic mass is 16.5. The van der Waals surface area contributed by atoms with Crippen molar-refractivity contribution in [3.8, 4) is 5.75 Å². The summed E-state index contributed by atoms with van der Waals surface area (Å²) < 4.78 is 6.23. The van der Waals surface area contributed by atoms with Gasteiger partial charge in [0.1, 0.15) is 24.2 Å². The predicted molar refractivity (Wildman–Crippen MR) is 106 cm³/mol. The minimum Gasteiger partial charge on any atom is -0.491 e. The van der Waals surface area contributed by atoms with Crippen LogP contribution >= 0.6 is 0 Å². The van der Waals surface area contributed by atoms with Crippen molar-refractivity contribution in [3.63, 3.8) is 0 Å². The van der Waals surface area contributed by atoms with E-state index in [-0.39, 0.29) is 6.04 Å². The molecule has 1 atom stereocenters. The van der Waals surface area contributed by atoms with Gasteiger partial charge < -0.3 is 20.4 Å². The van der Waals surface area contributed by atoms with Gasteiger partial charge >= 0.3 is 0 Å². The molecule has 1 aliphatic heterocycles. The third-order valence-corrected chi connectivity index (χ3v) is 5.14. The Morgan fingerprint density at radius 2 is 2.15 bits per heavy atom. The highest BCUT2D eigenvalue weighted by Crippen LogP contribution is 2.31. The van der Waals surface area contributed by atoms with Gasteiger partial charge in [-0.2, -0.15) is 0 Å². The first kappa shape index (κ1) is 15.9. The van der Waals surface area contributed by atoms with E-state index in [4.69, 9.17) is 10.5 Å². The predicted octanol–water partition coefficient (Wildman–Crippen LogP) is 3.14. The smallest absolute Gasteiger partial charge is 0.162 e. The Morgan fingerprint density at radius 1 is 1.19 bits per heavy atom. The summed E-state index contributed by atoms with van der Waals surface area (Å²) in [5.74, 6) is 1.73. The van der Waals surface area contributed by atoms with Crippen LogP contribution in [0.25, 0.3) is 21.9 Å². The molecule has 0 amide bonds. The molecule has 4 aromatic rings. The molecule has 2 aromatic heterocycles. The highest BCUT2D eigenvalue weighted by Gasteiger charge is 2.28. The second-order valence-corrected chi connectivity index (χ2v) is 6.83. The number of hydrogen-bond donors (Lipinski definition) is 2. The summed E-state index contributed by atoms with van der Waals surface area (Å²) in [5, 5.41) is 2.16. The fourth-order valence-electron chi connectivity index (χ4n) is 3.82. The molecule has 7 nitrogen and oxygen atoms in total. The lowest BCUT2D eigenvalue weighted by Crippen LogP contribution is -2.35. The van der Waals surface area contributed by atoms with Crippen molar-refractivity contribution in [2.24, 2.45) is 0 Å². The zero-order chi connectivity index (χ0) is 18.2. The molecule has 136 valence electrons. The van der Waals surface area contributed by atoms with E-state index >= 15 is 0 Å². The fourth-order valence-corrected chi connectivity index (χ4v) is 3.82. The van der Waals surface area contributed by atoms with Gasteiger partial charge in [0, 0.05) is 17.6 Å². The number of aromatic amines is 1. The standard InChI is InChI=1S/C20H20N6O/c21-14-7-6-13-3-1-5-17(16(13)9-14)27-10-15-4-2-8-26(15)20-18-19(23-11-22-18)24-12-25-20/h1,3,5-7,9,11-12,15H,2,4,8,10,21H2,(H,22,23,24,25). The number of ether oxygens (including phenoxy) is 1. The number of hydrogen-bond acceptors (Lipinski definition) is 6. The Hall–Kier alpha value is -3.35. The molecule has 1 aliphatic rings. The molecule has 1 unspecified atom stereocenters. The van der Waals surface area contributed by atoms with Crippen LogP contribution in [-0.2, 0) is 0 Å². The molecule has 7 heteroatoms. The van der Waals surface area contributed by atoms with Crippen LogP contribution in [0.3, 0.4) is 0 Å². The molecule has 2 aromatic carbocycles. The number of anilines is 2. The molecule has 0 radical (unpaired) electrons. The van der Waals surface area contributed by atoms with E-state index in [1.54, 1.807) is 12.7 Å². The van der Waals surface area contributed by atoms with E-state index in [1.165, 1.54) is 0 Å². The average Bonchev–Trinajstić information content (AvgIpc) is 3.35. The number of nitrogen functional groups attached to an aromatic ring is 1. The zero-order valence-corrected chi connectivity index (χ0v) is 14.8. The van der Waals surface area contributed by atoms with Gasteiger partial charge in [-0.3, -0.25) is 0 Å². The van der Waals surface area contributed by atoms with Gasteiger partial charge in [0.15, 0.2) is 11.5 Å². The molecule has 0 aliphatic carbocycles. The Morgan fingerprint density at radius 3 is 3.11 bits per heavy atom. The summed E-state index contributed by atoms with van der Waals surface area (Å²) in [6, 6.07) is 12.2. The molecule has 0 saturated carbocycles. The Kier molecular flexibility index (Phi) is 3.78. The molecule has 0 bridgehead atoms. The van der Waals surface area contributed by atoms with Gasteiger partial charge in [-0.15, -0.1) is 0 Å². The average molecular weight is 360 g/mol. The van der Waals surface area contributed by atoms with Gasteiger partial charge in [0.2, 0.25) is 0 Å². The lowest BCUT2D eigenvalue weighted by atomic mass is 10.1. The molecule has 3 N–H and O–H groups in total. The first-order valence-corrected chi connectivity index (χ1v) is 9.11. The van der Waals surface area contributed by atoms with Gasteiger partial charge in [-0.05, 0) is 36.4 Å². The van der Waals surface area contributed by atoms with Gasteiger partial charge in [0.05, 0.1) is 12.4 Å². The lowest BCUT2D eigenvalue weighted by molar-refractivity contribution is 0.291. The summed E-state index contributed by atoms with van der Waals surface area (Å²) >= 11 is 0. The lowest BCUT2D eigenvalue weighted by Gasteiger charge is -2.26. The Bertz CT molecular complexity index is 1110. The van der Waals surface area contributed by atoms with E-state index in [2.05, 4.69) is 30.9 Å². The molecule has 1 fully saturated rings. The minimum absolute atomic E-state index is 0.246. The quantitative estimate of drug-likeness (QED) is 0.543. The summed E-state index contributed by atoms with van der Waals surface area (Å²) in [5.41, 5.74) is 8.27. The number of rotatable bonds is 4. The molecule has 5 rings (SSSR count). The van der Waals surface area contributed by atoms with Gasteiger partial charge in [-0.25, -0.2) is 15.0 Å². The van der Waals surface area contributed by atoms with Gasteiger partial charge in [0.25, 0.3) is 0 Å². The maximum Gasteiger partial charge on any atom is 0.162 e. The van der Waals surface area contributed by atoms with Gasteiger partial charge in [-0.1, -0.05) is 18.2 Å². The maximum absolute atomic E-state index is 6.23. The Labute approximate surface area is 156 Å². The van der Waals surface area contributed by atoms with Crippen LogP contribution in [-0.4, -0.2) is 39.1 Å². The summed E-state index contributed by atoms with van der Waals surface area (Å²) in [6.07, 6.45) is 5.40. The number of H-pyrrole nitrogens is 1. The minimum atomic E-state index is 0.246. The second-order valence-electron chi connectivity index (χ2n) is 6.83. The van der Waals surface area contributed by atoms with Crippen molar-refractivity contribution in [2.75, 3.05) is 23.8 Å². The Balaban J connectivity index is 1.41. The molecule has 3 heterocycles.